The minimum atomic E-state index is -0.567. The number of amides is 1. The van der Waals surface area contributed by atoms with Crippen molar-refractivity contribution in [2.24, 2.45) is 0 Å². The molecule has 20 heavy (non-hydrogen) atoms. The summed E-state index contributed by atoms with van der Waals surface area (Å²) in [6, 6.07) is 7.79. The molecule has 102 valence electrons. The highest BCUT2D eigenvalue weighted by Crippen LogP contribution is 2.25. The third kappa shape index (κ3) is 3.12. The van der Waals surface area contributed by atoms with Crippen LogP contribution in [0.5, 0.6) is 0 Å². The van der Waals surface area contributed by atoms with E-state index in [1.54, 1.807) is 24.4 Å². The number of pyridine rings is 1. The molecule has 0 aliphatic rings. The van der Waals surface area contributed by atoms with Crippen LogP contribution in [0.1, 0.15) is 10.4 Å². The number of thioether (sulfide) groups is 1. The van der Waals surface area contributed by atoms with Crippen molar-refractivity contribution >= 4 is 29.0 Å². The average Bonchev–Trinajstić information content (AvgIpc) is 2.47. The maximum atomic E-state index is 12.2. The number of hydrogen-bond acceptors (Lipinski definition) is 5. The summed E-state index contributed by atoms with van der Waals surface area (Å²) in [5.41, 5.74) is 0.302. The number of carbonyl (C=O) groups is 1. The lowest BCUT2D eigenvalue weighted by Crippen LogP contribution is -2.14. The van der Waals surface area contributed by atoms with Gasteiger partial charge in [0.25, 0.3) is 11.6 Å². The van der Waals surface area contributed by atoms with Crippen LogP contribution in [0.2, 0.25) is 0 Å². The van der Waals surface area contributed by atoms with Crippen molar-refractivity contribution < 1.29 is 9.72 Å². The molecule has 0 saturated heterocycles. The molecule has 0 unspecified atom stereocenters. The Hall–Kier alpha value is -2.41. The molecular formula is C13H11N3O3S. The van der Waals surface area contributed by atoms with Gasteiger partial charge in [-0.05, 0) is 30.5 Å². The summed E-state index contributed by atoms with van der Waals surface area (Å²) in [6.45, 7) is 0. The van der Waals surface area contributed by atoms with E-state index in [-0.39, 0.29) is 11.3 Å². The predicted molar refractivity (Wildman–Crippen MR) is 77.1 cm³/mol. The quantitative estimate of drug-likeness (QED) is 0.531. The molecule has 1 heterocycles. The van der Waals surface area contributed by atoms with E-state index in [0.29, 0.717) is 5.69 Å². The first-order valence-corrected chi connectivity index (χ1v) is 6.88. The zero-order chi connectivity index (χ0) is 14.5. The third-order valence-corrected chi connectivity index (χ3v) is 3.29. The van der Waals surface area contributed by atoms with Crippen LogP contribution in [0.3, 0.4) is 0 Å². The number of nitro benzene ring substituents is 1. The summed E-state index contributed by atoms with van der Waals surface area (Å²) in [4.78, 5) is 27.2. The van der Waals surface area contributed by atoms with Gasteiger partial charge in [-0.3, -0.25) is 19.9 Å². The Balaban J connectivity index is 2.35. The minimum Gasteiger partial charge on any atom is -0.320 e. The fraction of sp³-hybridized carbons (Fsp3) is 0.0769. The highest BCUT2D eigenvalue weighted by molar-refractivity contribution is 7.98. The topological polar surface area (TPSA) is 85.1 Å². The average molecular weight is 289 g/mol. The molecule has 0 atom stereocenters. The molecule has 0 spiro atoms. The van der Waals surface area contributed by atoms with E-state index in [1.165, 1.54) is 30.1 Å². The highest BCUT2D eigenvalue weighted by Gasteiger charge is 2.20. The number of hydrogen-bond donors (Lipinski definition) is 1. The molecule has 1 N–H and O–H groups in total. The van der Waals surface area contributed by atoms with E-state index in [0.717, 1.165) is 4.90 Å². The summed E-state index contributed by atoms with van der Waals surface area (Å²) < 4.78 is 0. The number of rotatable bonds is 4. The van der Waals surface area contributed by atoms with E-state index in [9.17, 15) is 14.9 Å². The zero-order valence-corrected chi connectivity index (χ0v) is 11.4. The Labute approximate surface area is 119 Å². The molecule has 1 aromatic heterocycles. The van der Waals surface area contributed by atoms with Gasteiger partial charge in [0.15, 0.2) is 0 Å². The zero-order valence-electron chi connectivity index (χ0n) is 10.6. The van der Waals surface area contributed by atoms with Gasteiger partial charge in [0.1, 0.15) is 5.56 Å². The SMILES string of the molecule is CSc1ccc([N+](=O)[O-])c(C(=O)Nc2cccnc2)c1. The number of nitro groups is 1. The van der Waals surface area contributed by atoms with E-state index < -0.39 is 10.8 Å². The highest BCUT2D eigenvalue weighted by atomic mass is 32.2. The lowest BCUT2D eigenvalue weighted by Gasteiger charge is -2.06. The summed E-state index contributed by atoms with van der Waals surface area (Å²) in [6.07, 6.45) is 4.89. The molecular weight excluding hydrogens is 278 g/mol. The molecule has 2 aromatic rings. The van der Waals surface area contributed by atoms with Crippen molar-refractivity contribution in [3.63, 3.8) is 0 Å². The van der Waals surface area contributed by atoms with Crippen molar-refractivity contribution in [3.05, 3.63) is 58.4 Å². The van der Waals surface area contributed by atoms with Crippen LogP contribution < -0.4 is 5.32 Å². The summed E-state index contributed by atoms with van der Waals surface area (Å²) in [7, 11) is 0. The first-order valence-electron chi connectivity index (χ1n) is 5.65. The summed E-state index contributed by atoms with van der Waals surface area (Å²) >= 11 is 1.41. The van der Waals surface area contributed by atoms with Crippen LogP contribution in [-0.2, 0) is 0 Å². The van der Waals surface area contributed by atoms with Crippen LogP contribution in [0.15, 0.2) is 47.6 Å². The molecule has 0 radical (unpaired) electrons. The maximum absolute atomic E-state index is 12.2. The molecule has 0 aliphatic carbocycles. The molecule has 6 nitrogen and oxygen atoms in total. The lowest BCUT2D eigenvalue weighted by molar-refractivity contribution is -0.385. The molecule has 7 heteroatoms. The van der Waals surface area contributed by atoms with Gasteiger partial charge >= 0.3 is 0 Å². The second-order valence-corrected chi connectivity index (χ2v) is 4.72. The fourth-order valence-corrected chi connectivity index (χ4v) is 2.06. The van der Waals surface area contributed by atoms with E-state index in [1.807, 2.05) is 6.26 Å². The van der Waals surface area contributed by atoms with Gasteiger partial charge in [-0.1, -0.05) is 0 Å². The Morgan fingerprint density at radius 1 is 1.40 bits per heavy atom. The first kappa shape index (κ1) is 14.0. The van der Waals surface area contributed by atoms with Crippen LogP contribution in [0.4, 0.5) is 11.4 Å². The normalized spacial score (nSPS) is 10.1. The van der Waals surface area contributed by atoms with Crippen molar-refractivity contribution in [2.75, 3.05) is 11.6 Å². The molecule has 2 rings (SSSR count). The second-order valence-electron chi connectivity index (χ2n) is 3.84. The Morgan fingerprint density at radius 2 is 2.20 bits per heavy atom. The van der Waals surface area contributed by atoms with Gasteiger partial charge in [0.2, 0.25) is 0 Å². The molecule has 0 aliphatic heterocycles. The molecule has 0 bridgehead atoms. The number of nitrogens with zero attached hydrogens (tertiary/aromatic N) is 2. The van der Waals surface area contributed by atoms with Gasteiger partial charge in [0.05, 0.1) is 16.8 Å². The van der Waals surface area contributed by atoms with Crippen LogP contribution in [0, 0.1) is 10.1 Å². The van der Waals surface area contributed by atoms with Gasteiger partial charge in [0, 0.05) is 17.2 Å². The number of anilines is 1. The van der Waals surface area contributed by atoms with Crippen molar-refractivity contribution in [2.45, 2.75) is 4.90 Å². The second kappa shape index (κ2) is 6.16. The fourth-order valence-electron chi connectivity index (χ4n) is 1.62. The lowest BCUT2D eigenvalue weighted by atomic mass is 10.1. The summed E-state index contributed by atoms with van der Waals surface area (Å²) in [5.74, 6) is -0.527. The number of benzene rings is 1. The van der Waals surface area contributed by atoms with Crippen molar-refractivity contribution in [3.8, 4) is 0 Å². The molecule has 1 amide bonds. The standard InChI is InChI=1S/C13H11N3O3S/c1-20-10-4-5-12(16(18)19)11(7-10)13(17)15-9-3-2-6-14-8-9/h2-8H,1H3,(H,15,17). The van der Waals surface area contributed by atoms with E-state index in [4.69, 9.17) is 0 Å². The Morgan fingerprint density at radius 3 is 2.80 bits per heavy atom. The Bertz CT molecular complexity index is 647. The largest absolute Gasteiger partial charge is 0.320 e. The smallest absolute Gasteiger partial charge is 0.282 e. The first-order chi connectivity index (χ1) is 9.61. The third-order valence-electron chi connectivity index (χ3n) is 2.56. The van der Waals surface area contributed by atoms with Crippen LogP contribution in [-0.4, -0.2) is 22.1 Å². The minimum absolute atomic E-state index is 0.0331. The van der Waals surface area contributed by atoms with Crippen LogP contribution in [0.25, 0.3) is 0 Å². The maximum Gasteiger partial charge on any atom is 0.282 e. The van der Waals surface area contributed by atoms with Gasteiger partial charge in [-0.2, -0.15) is 0 Å². The number of nitrogens with one attached hydrogen (secondary N) is 1. The monoisotopic (exact) mass is 289 g/mol. The van der Waals surface area contributed by atoms with Gasteiger partial charge in [-0.15, -0.1) is 11.8 Å². The van der Waals surface area contributed by atoms with Gasteiger partial charge < -0.3 is 5.32 Å². The van der Waals surface area contributed by atoms with Crippen molar-refractivity contribution in [1.82, 2.24) is 4.98 Å². The number of carbonyl (C=O) groups excluding carboxylic acids is 1. The molecule has 0 saturated carbocycles. The van der Waals surface area contributed by atoms with Crippen molar-refractivity contribution in [1.29, 1.82) is 0 Å². The Kier molecular flexibility index (Phi) is 4.31. The summed E-state index contributed by atoms with van der Waals surface area (Å²) in [5, 5.41) is 13.6. The van der Waals surface area contributed by atoms with Crippen LogP contribution >= 0.6 is 11.8 Å². The molecule has 0 fully saturated rings. The molecule has 1 aromatic carbocycles. The number of aromatic nitrogens is 1. The van der Waals surface area contributed by atoms with Gasteiger partial charge in [-0.25, -0.2) is 0 Å². The predicted octanol–water partition coefficient (Wildman–Crippen LogP) is 2.96. The van der Waals surface area contributed by atoms with E-state index in [2.05, 4.69) is 10.3 Å². The van der Waals surface area contributed by atoms with E-state index >= 15 is 0 Å².